The average molecular weight is 844 g/mol. The molecular formula is C55H71B2N3O3. The van der Waals surface area contributed by atoms with Crippen molar-refractivity contribution < 1.29 is 14.6 Å². The molecule has 2 aliphatic heterocycles. The Kier molecular flexibility index (Phi) is 16.1. The maximum Gasteiger partial charge on any atom is 0.246 e. The summed E-state index contributed by atoms with van der Waals surface area (Å²) in [6.07, 6.45) is 7.95. The number of aliphatic hydroxyl groups is 1. The summed E-state index contributed by atoms with van der Waals surface area (Å²) in [4.78, 5) is 17.7. The van der Waals surface area contributed by atoms with Crippen LogP contribution in [0.4, 0.5) is 0 Å². The molecule has 2 N–H and O–H groups in total. The Hall–Kier alpha value is -4.20. The van der Waals surface area contributed by atoms with Gasteiger partial charge in [-0.3, -0.25) is 14.6 Å². The number of amides is 1. The van der Waals surface area contributed by atoms with E-state index in [0.29, 0.717) is 47.8 Å². The van der Waals surface area contributed by atoms with Gasteiger partial charge in [0, 0.05) is 51.4 Å². The van der Waals surface area contributed by atoms with E-state index in [4.69, 9.17) is 4.74 Å². The van der Waals surface area contributed by atoms with E-state index >= 15 is 0 Å². The number of carbonyl (C=O) groups is 1. The lowest BCUT2D eigenvalue weighted by molar-refractivity contribution is -0.117. The van der Waals surface area contributed by atoms with Crippen LogP contribution in [0.3, 0.4) is 0 Å². The van der Waals surface area contributed by atoms with Crippen molar-refractivity contribution in [2.45, 2.75) is 117 Å². The highest BCUT2D eigenvalue weighted by Crippen LogP contribution is 2.42. The van der Waals surface area contributed by atoms with Crippen molar-refractivity contribution in [1.29, 1.82) is 0 Å². The summed E-state index contributed by atoms with van der Waals surface area (Å²) in [5.74, 6) is 0.848. The standard InChI is InChI=1S/C55H71B2N3O3/c1-40(2)53(62)58-28-15-29-59(34-41-16-7-9-18-43(41)51-24-26-54(3,4)38-56-51)36-49-45-20-11-13-22-47(45)50(48-23-14-12-21-46(48)49)37-60(30-32-63-33-31-61)35-42-17-8-10-19-44(42)52-25-27-55(5,6)39-57-52/h7-14,16-23,51-52,61H,1,15,24-39H2,2-6H3,(H,58,62). The maximum absolute atomic E-state index is 12.5. The van der Waals surface area contributed by atoms with Gasteiger partial charge in [0.15, 0.2) is 0 Å². The molecule has 6 nitrogen and oxygen atoms in total. The quantitative estimate of drug-likeness (QED) is 0.0354. The molecule has 2 saturated heterocycles. The predicted octanol–water partition coefficient (Wildman–Crippen LogP) is 11.1. The van der Waals surface area contributed by atoms with Crippen molar-refractivity contribution in [2.75, 3.05) is 39.5 Å². The fourth-order valence-corrected chi connectivity index (χ4v) is 10.1. The van der Waals surface area contributed by atoms with Gasteiger partial charge in [-0.25, -0.2) is 0 Å². The highest BCUT2D eigenvalue weighted by atomic mass is 16.5. The van der Waals surface area contributed by atoms with Gasteiger partial charge in [-0.15, -0.1) is 0 Å². The van der Waals surface area contributed by atoms with Gasteiger partial charge in [-0.05, 0) is 104 Å². The van der Waals surface area contributed by atoms with Gasteiger partial charge in [0.05, 0.1) is 19.8 Å². The molecule has 5 aromatic rings. The lowest BCUT2D eigenvalue weighted by Gasteiger charge is -2.35. The van der Waals surface area contributed by atoms with Crippen LogP contribution in [0.15, 0.2) is 109 Å². The minimum atomic E-state index is -0.0796. The summed E-state index contributed by atoms with van der Waals surface area (Å²) < 4.78 is 5.93. The highest BCUT2D eigenvalue weighted by molar-refractivity contribution is 6.38. The number of nitrogens with zero attached hydrogens (tertiary/aromatic N) is 2. The molecule has 2 atom stereocenters. The molecule has 2 unspecified atom stereocenters. The summed E-state index contributed by atoms with van der Waals surface area (Å²) in [5.41, 5.74) is 9.63. The van der Waals surface area contributed by atoms with Crippen molar-refractivity contribution in [2.24, 2.45) is 10.8 Å². The zero-order valence-corrected chi connectivity index (χ0v) is 38.9. The van der Waals surface area contributed by atoms with Crippen LogP contribution in [0, 0.1) is 10.8 Å². The van der Waals surface area contributed by atoms with Crippen molar-refractivity contribution in [1.82, 2.24) is 15.1 Å². The Labute approximate surface area is 380 Å². The van der Waals surface area contributed by atoms with Crippen LogP contribution in [0.1, 0.15) is 112 Å². The molecule has 2 heterocycles. The zero-order chi connectivity index (χ0) is 44.4. The van der Waals surface area contributed by atoms with Crippen LogP contribution in [-0.4, -0.2) is 74.8 Å². The number of hydrogen-bond donors (Lipinski definition) is 2. The summed E-state index contributed by atoms with van der Waals surface area (Å²) >= 11 is 0. The zero-order valence-electron chi connectivity index (χ0n) is 38.9. The van der Waals surface area contributed by atoms with Crippen molar-refractivity contribution in [3.8, 4) is 0 Å². The number of ether oxygens (including phenoxy) is 1. The Morgan fingerprint density at radius 2 is 1.13 bits per heavy atom. The molecule has 0 aliphatic carbocycles. The molecule has 2 fully saturated rings. The van der Waals surface area contributed by atoms with Crippen LogP contribution >= 0.6 is 0 Å². The highest BCUT2D eigenvalue weighted by Gasteiger charge is 2.31. The van der Waals surface area contributed by atoms with Crippen LogP contribution < -0.4 is 5.32 Å². The van der Waals surface area contributed by atoms with E-state index in [0.717, 1.165) is 58.3 Å². The maximum atomic E-state index is 12.5. The normalized spacial score (nSPS) is 18.3. The molecule has 63 heavy (non-hydrogen) atoms. The third kappa shape index (κ3) is 12.3. The smallest absolute Gasteiger partial charge is 0.246 e. The minimum Gasteiger partial charge on any atom is -0.394 e. The topological polar surface area (TPSA) is 65.0 Å². The number of benzene rings is 5. The lowest BCUT2D eigenvalue weighted by Crippen LogP contribution is -2.31. The largest absolute Gasteiger partial charge is 0.394 e. The first-order valence-electron chi connectivity index (χ1n) is 23.7. The van der Waals surface area contributed by atoms with Crippen molar-refractivity contribution >= 4 is 42.0 Å². The third-order valence-electron chi connectivity index (χ3n) is 13.9. The molecule has 0 saturated carbocycles. The number of carbonyl (C=O) groups excluding carboxylic acids is 1. The summed E-state index contributed by atoms with van der Waals surface area (Å²) in [6, 6.07) is 36.2. The van der Waals surface area contributed by atoms with E-state index in [1.54, 1.807) is 6.92 Å². The summed E-state index contributed by atoms with van der Waals surface area (Å²) in [5, 5.41) is 17.8. The molecule has 1 amide bonds. The van der Waals surface area contributed by atoms with Gasteiger partial charge in [0.2, 0.25) is 5.91 Å². The molecule has 2 aliphatic rings. The van der Waals surface area contributed by atoms with Crippen LogP contribution in [0.2, 0.25) is 12.6 Å². The Balaban J connectivity index is 1.23. The van der Waals surface area contributed by atoms with Crippen LogP contribution in [-0.2, 0) is 35.7 Å². The predicted molar refractivity (Wildman–Crippen MR) is 266 cm³/mol. The van der Waals surface area contributed by atoms with Crippen molar-refractivity contribution in [3.63, 3.8) is 0 Å². The second-order valence-corrected chi connectivity index (χ2v) is 20.1. The van der Waals surface area contributed by atoms with E-state index in [9.17, 15) is 9.90 Å². The first-order valence-corrected chi connectivity index (χ1v) is 23.7. The van der Waals surface area contributed by atoms with E-state index < -0.39 is 0 Å². The molecule has 0 aromatic heterocycles. The van der Waals surface area contributed by atoms with Gasteiger partial charge in [0.1, 0.15) is 14.6 Å². The number of rotatable bonds is 20. The van der Waals surface area contributed by atoms with E-state index in [-0.39, 0.29) is 12.5 Å². The number of hydrogen-bond acceptors (Lipinski definition) is 5. The Morgan fingerprint density at radius 3 is 1.56 bits per heavy atom. The molecule has 5 aromatic carbocycles. The second kappa shape index (κ2) is 21.7. The molecule has 0 bridgehead atoms. The molecular weight excluding hydrogens is 772 g/mol. The summed E-state index contributed by atoms with van der Waals surface area (Å²) in [7, 11) is 5.13. The van der Waals surface area contributed by atoms with E-state index in [1.807, 2.05) is 0 Å². The van der Waals surface area contributed by atoms with E-state index in [1.165, 1.54) is 80.6 Å². The Morgan fingerprint density at radius 1 is 0.683 bits per heavy atom. The fraction of sp³-hybridized carbons (Fsp3) is 0.473. The van der Waals surface area contributed by atoms with Crippen LogP contribution in [0.25, 0.3) is 21.5 Å². The first kappa shape index (κ1) is 46.8. The SMILES string of the molecule is C=C(C)C(=O)NCCCN(Cc1ccccc1C1[B]CC(C)(C)CC1)Cc1c2ccccc2c(CN(CCOCCO)Cc2ccccc2C2[B]CC(C)(C)CC2)c2ccccc12. The van der Waals surface area contributed by atoms with Gasteiger partial charge in [-0.2, -0.15) is 0 Å². The second-order valence-electron chi connectivity index (χ2n) is 20.1. The first-order chi connectivity index (χ1) is 30.4. The molecule has 2 radical (unpaired) electrons. The van der Waals surface area contributed by atoms with Gasteiger partial charge in [-0.1, -0.05) is 157 Å². The van der Waals surface area contributed by atoms with Crippen molar-refractivity contribution in [3.05, 3.63) is 143 Å². The van der Waals surface area contributed by atoms with Gasteiger partial charge < -0.3 is 15.2 Å². The number of fused-ring (bicyclic) bond motifs is 2. The number of aliphatic hydroxyl groups excluding tert-OH is 1. The fourth-order valence-electron chi connectivity index (χ4n) is 10.1. The molecule has 330 valence electrons. The molecule has 0 spiro atoms. The summed E-state index contributed by atoms with van der Waals surface area (Å²) in [6.45, 7) is 21.5. The Bertz CT molecular complexity index is 2250. The monoisotopic (exact) mass is 844 g/mol. The minimum absolute atomic E-state index is 0.0243. The van der Waals surface area contributed by atoms with Gasteiger partial charge in [0.25, 0.3) is 0 Å². The van der Waals surface area contributed by atoms with Crippen LogP contribution in [0.5, 0.6) is 0 Å². The van der Waals surface area contributed by atoms with Gasteiger partial charge >= 0.3 is 0 Å². The number of nitrogens with one attached hydrogen (secondary N) is 1. The lowest BCUT2D eigenvalue weighted by atomic mass is 9.47. The molecule has 7 rings (SSSR count). The molecule has 8 heteroatoms. The van der Waals surface area contributed by atoms with E-state index in [2.05, 4.69) is 161 Å². The average Bonchev–Trinajstić information content (AvgIpc) is 3.28. The third-order valence-corrected chi connectivity index (χ3v) is 13.9.